The zero-order chi connectivity index (χ0) is 12.3. The average Bonchev–Trinajstić information content (AvgIpc) is 2.33. The van der Waals surface area contributed by atoms with Crippen LogP contribution in [0.4, 0.5) is 0 Å². The van der Waals surface area contributed by atoms with Crippen LogP contribution in [0.3, 0.4) is 0 Å². The van der Waals surface area contributed by atoms with Crippen LogP contribution in [0.25, 0.3) is 0 Å². The van der Waals surface area contributed by atoms with E-state index < -0.39 is 11.9 Å². The summed E-state index contributed by atoms with van der Waals surface area (Å²) in [6.45, 7) is 0. The fourth-order valence-corrected chi connectivity index (χ4v) is 1.76. The minimum absolute atomic E-state index is 0. The van der Waals surface area contributed by atoms with Crippen molar-refractivity contribution in [3.63, 3.8) is 0 Å². The molecule has 86 valence electrons. The number of aliphatic carboxylic acids is 1. The van der Waals surface area contributed by atoms with Crippen LogP contribution in [0.2, 0.25) is 5.02 Å². The molecule has 1 unspecified atom stereocenters. The van der Waals surface area contributed by atoms with Crippen molar-refractivity contribution in [3.05, 3.63) is 64.9 Å². The van der Waals surface area contributed by atoms with Crippen molar-refractivity contribution in [2.24, 2.45) is 0 Å². The Hall–Kier alpha value is -0.870. The maximum Gasteiger partial charge on any atom is 1.00 e. The van der Waals surface area contributed by atoms with Gasteiger partial charge in [-0.25, -0.2) is 0 Å². The first-order valence-electron chi connectivity index (χ1n) is 5.06. The van der Waals surface area contributed by atoms with Gasteiger partial charge in [-0.15, -0.1) is 0 Å². The van der Waals surface area contributed by atoms with Crippen molar-refractivity contribution in [1.82, 2.24) is 4.98 Å². The molecule has 2 aromatic rings. The van der Waals surface area contributed by atoms with E-state index in [-0.39, 0.29) is 29.6 Å². The molecule has 1 aromatic heterocycles. The molecule has 0 aliphatic carbocycles. The summed E-state index contributed by atoms with van der Waals surface area (Å²) in [7, 11) is 0. The van der Waals surface area contributed by atoms with Crippen LogP contribution >= 0.6 is 11.6 Å². The van der Waals surface area contributed by atoms with Gasteiger partial charge in [0.05, 0.1) is 17.6 Å². The van der Waals surface area contributed by atoms with Gasteiger partial charge in [0.25, 0.3) is 0 Å². The molecule has 0 aliphatic heterocycles. The summed E-state index contributed by atoms with van der Waals surface area (Å²) < 4.78 is 0. The van der Waals surface area contributed by atoms with Gasteiger partial charge in [0, 0.05) is 11.2 Å². The second kappa shape index (κ2) is 6.90. The monoisotopic (exact) mass is 269 g/mol. The molecule has 1 heterocycles. The molecular formula is C13H9ClNNaO2. The van der Waals surface area contributed by atoms with E-state index in [2.05, 4.69) is 4.98 Å². The minimum atomic E-state index is -1.17. The molecule has 2 rings (SSSR count). The fraction of sp³-hybridized carbons (Fsp3) is 0.0769. The molecule has 0 aliphatic rings. The van der Waals surface area contributed by atoms with Gasteiger partial charge in [-0.1, -0.05) is 29.8 Å². The Morgan fingerprint density at radius 1 is 1.17 bits per heavy atom. The molecule has 0 spiro atoms. The number of benzene rings is 1. The Morgan fingerprint density at radius 3 is 2.33 bits per heavy atom. The van der Waals surface area contributed by atoms with Gasteiger partial charge in [0.15, 0.2) is 0 Å². The third kappa shape index (κ3) is 3.56. The predicted octanol–water partition coefficient (Wildman–Crippen LogP) is -1.38. The second-order valence-corrected chi connectivity index (χ2v) is 3.99. The van der Waals surface area contributed by atoms with Crippen LogP contribution in [-0.2, 0) is 4.79 Å². The molecule has 0 saturated heterocycles. The predicted molar refractivity (Wildman–Crippen MR) is 62.5 cm³/mol. The number of halogens is 1. The summed E-state index contributed by atoms with van der Waals surface area (Å²) in [5.41, 5.74) is 1.06. The van der Waals surface area contributed by atoms with E-state index >= 15 is 0 Å². The van der Waals surface area contributed by atoms with E-state index in [0.29, 0.717) is 16.3 Å². The zero-order valence-electron chi connectivity index (χ0n) is 9.84. The Balaban J connectivity index is 0.00000162. The van der Waals surface area contributed by atoms with Crippen molar-refractivity contribution in [2.75, 3.05) is 0 Å². The average molecular weight is 270 g/mol. The number of carbonyl (C=O) groups is 1. The number of carbonyl (C=O) groups excluding carboxylic acids is 1. The summed E-state index contributed by atoms with van der Waals surface area (Å²) >= 11 is 5.76. The molecule has 0 fully saturated rings. The maximum absolute atomic E-state index is 11.2. The standard InChI is InChI=1S/C13H10ClNO2.Na/c14-10-6-4-9(5-7-10)12(13(16)17)11-3-1-2-8-15-11;/h1-8,12H,(H,16,17);/q;+1/p-1. The molecule has 0 saturated carbocycles. The third-order valence-corrected chi connectivity index (χ3v) is 2.67. The summed E-state index contributed by atoms with van der Waals surface area (Å²) in [6.07, 6.45) is 1.56. The van der Waals surface area contributed by atoms with Crippen molar-refractivity contribution < 1.29 is 39.5 Å². The van der Waals surface area contributed by atoms with Gasteiger partial charge in [-0.3, -0.25) is 4.98 Å². The summed E-state index contributed by atoms with van der Waals surface area (Å²) in [4.78, 5) is 15.2. The van der Waals surface area contributed by atoms with Crippen LogP contribution in [0, 0.1) is 0 Å². The first-order valence-corrected chi connectivity index (χ1v) is 5.43. The second-order valence-electron chi connectivity index (χ2n) is 3.56. The van der Waals surface area contributed by atoms with Crippen molar-refractivity contribution in [3.8, 4) is 0 Å². The van der Waals surface area contributed by atoms with Crippen LogP contribution < -0.4 is 34.7 Å². The molecule has 5 heteroatoms. The fourth-order valence-electron chi connectivity index (χ4n) is 1.63. The molecule has 1 atom stereocenters. The third-order valence-electron chi connectivity index (χ3n) is 2.42. The zero-order valence-corrected chi connectivity index (χ0v) is 12.6. The molecule has 0 radical (unpaired) electrons. The summed E-state index contributed by atoms with van der Waals surface area (Å²) in [6, 6.07) is 11.8. The van der Waals surface area contributed by atoms with Gasteiger partial charge >= 0.3 is 29.6 Å². The number of carboxylic acid groups (broad SMARTS) is 1. The van der Waals surface area contributed by atoms with E-state index in [1.807, 2.05) is 0 Å². The first kappa shape index (κ1) is 15.2. The number of hydrogen-bond acceptors (Lipinski definition) is 3. The van der Waals surface area contributed by atoms with Crippen molar-refractivity contribution >= 4 is 17.6 Å². The number of rotatable bonds is 3. The van der Waals surface area contributed by atoms with E-state index in [0.717, 1.165) is 0 Å². The van der Waals surface area contributed by atoms with Crippen LogP contribution in [-0.4, -0.2) is 11.0 Å². The number of aromatic nitrogens is 1. The minimum Gasteiger partial charge on any atom is -0.549 e. The van der Waals surface area contributed by atoms with Gasteiger partial charge < -0.3 is 9.90 Å². The number of carboxylic acids is 1. The molecule has 0 bridgehead atoms. The van der Waals surface area contributed by atoms with E-state index in [9.17, 15) is 9.90 Å². The van der Waals surface area contributed by atoms with Crippen molar-refractivity contribution in [2.45, 2.75) is 5.92 Å². The Labute approximate surface area is 132 Å². The quantitative estimate of drug-likeness (QED) is 0.646. The largest absolute Gasteiger partial charge is 1.00 e. The Kier molecular flexibility index (Phi) is 5.82. The normalized spacial score (nSPS) is 11.4. The summed E-state index contributed by atoms with van der Waals surface area (Å²) in [5.74, 6) is -2.04. The number of pyridine rings is 1. The molecule has 0 N–H and O–H groups in total. The van der Waals surface area contributed by atoms with Gasteiger partial charge in [0.1, 0.15) is 0 Å². The van der Waals surface area contributed by atoms with Crippen LogP contribution in [0.5, 0.6) is 0 Å². The smallest absolute Gasteiger partial charge is 0.549 e. The molecule has 18 heavy (non-hydrogen) atoms. The Morgan fingerprint density at radius 2 is 1.83 bits per heavy atom. The van der Waals surface area contributed by atoms with Crippen LogP contribution in [0.1, 0.15) is 17.2 Å². The van der Waals surface area contributed by atoms with Gasteiger partial charge in [0.2, 0.25) is 0 Å². The molecule has 3 nitrogen and oxygen atoms in total. The molecule has 0 amide bonds. The van der Waals surface area contributed by atoms with Crippen molar-refractivity contribution in [1.29, 1.82) is 0 Å². The van der Waals surface area contributed by atoms with E-state index in [4.69, 9.17) is 11.6 Å². The molecular weight excluding hydrogens is 261 g/mol. The topological polar surface area (TPSA) is 53.0 Å². The summed E-state index contributed by atoms with van der Waals surface area (Å²) in [5, 5.41) is 11.8. The number of nitrogens with zero attached hydrogens (tertiary/aromatic N) is 1. The SMILES string of the molecule is O=C([O-])C(c1ccc(Cl)cc1)c1ccccn1.[Na+]. The number of hydrogen-bond donors (Lipinski definition) is 0. The van der Waals surface area contributed by atoms with E-state index in [1.165, 1.54) is 0 Å². The van der Waals surface area contributed by atoms with Gasteiger partial charge in [-0.05, 0) is 29.8 Å². The first-order chi connectivity index (χ1) is 8.18. The molecule has 1 aromatic carbocycles. The van der Waals surface area contributed by atoms with Gasteiger partial charge in [-0.2, -0.15) is 0 Å². The van der Waals surface area contributed by atoms with E-state index in [1.54, 1.807) is 48.7 Å². The maximum atomic E-state index is 11.2. The Bertz CT molecular complexity index is 516. The van der Waals surface area contributed by atoms with Crippen LogP contribution in [0.15, 0.2) is 48.7 Å².